The molecule has 1 aromatic heterocycles. The number of fused-ring (bicyclic) bond motifs is 1. The summed E-state index contributed by atoms with van der Waals surface area (Å²) in [4.78, 5) is 29.4. The lowest BCUT2D eigenvalue weighted by molar-refractivity contribution is -0.115. The predicted octanol–water partition coefficient (Wildman–Crippen LogP) is 1.77. The number of hydrogen-bond donors (Lipinski definition) is 2. The zero-order valence-corrected chi connectivity index (χ0v) is 9.78. The summed E-state index contributed by atoms with van der Waals surface area (Å²) >= 11 is 0. The molecule has 18 heavy (non-hydrogen) atoms. The van der Waals surface area contributed by atoms with Crippen LogP contribution in [0.1, 0.15) is 23.1 Å². The monoisotopic (exact) mass is 241 g/mol. The molecular weight excluding hydrogens is 230 g/mol. The lowest BCUT2D eigenvalue weighted by atomic mass is 10.1. The number of nitrogens with one attached hydrogen (secondary N) is 2. The second-order valence-electron chi connectivity index (χ2n) is 4.30. The number of imidazole rings is 1. The molecule has 1 amide bonds. The van der Waals surface area contributed by atoms with Gasteiger partial charge in [0.25, 0.3) is 0 Å². The lowest BCUT2D eigenvalue weighted by Crippen LogP contribution is -2.03. The molecule has 0 saturated heterocycles. The molecule has 0 bridgehead atoms. The summed E-state index contributed by atoms with van der Waals surface area (Å²) in [6, 6.07) is 5.69. The fourth-order valence-electron chi connectivity index (χ4n) is 2.04. The molecule has 2 N–H and O–H groups in total. The summed E-state index contributed by atoms with van der Waals surface area (Å²) in [5.74, 6) is 0.259. The molecule has 2 heterocycles. The number of H-pyrrole nitrogens is 1. The fourth-order valence-corrected chi connectivity index (χ4v) is 2.04. The van der Waals surface area contributed by atoms with Gasteiger partial charge in [-0.05, 0) is 23.3 Å². The van der Waals surface area contributed by atoms with Crippen LogP contribution in [0.25, 0.3) is 11.3 Å². The summed E-state index contributed by atoms with van der Waals surface area (Å²) in [7, 11) is 0. The number of carbonyl (C=O) groups excluding carboxylic acids is 2. The number of benzene rings is 1. The van der Waals surface area contributed by atoms with E-state index < -0.39 is 0 Å². The number of anilines is 1. The number of Topliss-reactive ketones (excluding diaryl/α,β-unsaturated/α-hetero) is 1. The summed E-state index contributed by atoms with van der Waals surface area (Å²) < 4.78 is 0. The van der Waals surface area contributed by atoms with Crippen LogP contribution in [0, 0.1) is 0 Å². The van der Waals surface area contributed by atoms with Crippen molar-refractivity contribution in [2.24, 2.45) is 0 Å². The van der Waals surface area contributed by atoms with Crippen molar-refractivity contribution in [3.8, 4) is 11.3 Å². The maximum Gasteiger partial charge on any atom is 0.228 e. The van der Waals surface area contributed by atoms with Gasteiger partial charge in [-0.25, -0.2) is 4.98 Å². The molecule has 0 aliphatic carbocycles. The maximum absolute atomic E-state index is 11.3. The minimum absolute atomic E-state index is 0.0104. The Bertz CT molecular complexity index is 658. The minimum atomic E-state index is -0.0979. The summed E-state index contributed by atoms with van der Waals surface area (Å²) in [5, 5.41) is 2.78. The molecule has 5 nitrogen and oxygen atoms in total. The van der Waals surface area contributed by atoms with Crippen LogP contribution in [0.4, 0.5) is 5.69 Å². The van der Waals surface area contributed by atoms with Crippen molar-refractivity contribution in [3.63, 3.8) is 0 Å². The van der Waals surface area contributed by atoms with Crippen molar-refractivity contribution in [2.45, 2.75) is 13.3 Å². The molecule has 0 saturated carbocycles. The van der Waals surface area contributed by atoms with Gasteiger partial charge in [-0.2, -0.15) is 0 Å². The standard InChI is InChI=1S/C13H11N3O2/c1-7(17)13-14-6-11(16-13)8-2-3-10-9(4-8)5-12(18)15-10/h2-4,6H,5H2,1H3,(H,14,16)(H,15,18). The van der Waals surface area contributed by atoms with E-state index >= 15 is 0 Å². The van der Waals surface area contributed by atoms with E-state index in [-0.39, 0.29) is 11.7 Å². The summed E-state index contributed by atoms with van der Waals surface area (Å²) in [6.45, 7) is 1.47. The Labute approximate surface area is 103 Å². The number of nitrogens with zero attached hydrogens (tertiary/aromatic N) is 1. The van der Waals surface area contributed by atoms with Crippen LogP contribution in [0.15, 0.2) is 24.4 Å². The second kappa shape index (κ2) is 3.80. The molecule has 0 atom stereocenters. The van der Waals surface area contributed by atoms with Gasteiger partial charge in [-0.3, -0.25) is 9.59 Å². The maximum atomic E-state index is 11.3. The Morgan fingerprint density at radius 2 is 2.22 bits per heavy atom. The minimum Gasteiger partial charge on any atom is -0.336 e. The highest BCUT2D eigenvalue weighted by molar-refractivity contribution is 5.99. The number of ketones is 1. The predicted molar refractivity (Wildman–Crippen MR) is 66.4 cm³/mol. The first-order valence-electron chi connectivity index (χ1n) is 5.62. The van der Waals surface area contributed by atoms with Gasteiger partial charge < -0.3 is 10.3 Å². The molecule has 90 valence electrons. The van der Waals surface area contributed by atoms with Crippen molar-refractivity contribution in [3.05, 3.63) is 35.8 Å². The van der Waals surface area contributed by atoms with Crippen LogP contribution in [0.3, 0.4) is 0 Å². The molecule has 1 aromatic carbocycles. The van der Waals surface area contributed by atoms with Crippen LogP contribution in [-0.2, 0) is 11.2 Å². The van der Waals surface area contributed by atoms with Gasteiger partial charge in [0, 0.05) is 12.6 Å². The van der Waals surface area contributed by atoms with Crippen LogP contribution in [-0.4, -0.2) is 21.7 Å². The molecule has 0 spiro atoms. The summed E-state index contributed by atoms with van der Waals surface area (Å²) in [6.07, 6.45) is 2.03. The van der Waals surface area contributed by atoms with Crippen molar-refractivity contribution >= 4 is 17.4 Å². The SMILES string of the molecule is CC(=O)c1ncc(-c2ccc3c(c2)CC(=O)N3)[nH]1. The molecular formula is C13H11N3O2. The van der Waals surface area contributed by atoms with Gasteiger partial charge in [0.05, 0.1) is 18.3 Å². The van der Waals surface area contributed by atoms with Crippen LogP contribution >= 0.6 is 0 Å². The normalized spacial score (nSPS) is 13.3. The second-order valence-corrected chi connectivity index (χ2v) is 4.30. The van der Waals surface area contributed by atoms with Crippen molar-refractivity contribution in [2.75, 3.05) is 5.32 Å². The van der Waals surface area contributed by atoms with Gasteiger partial charge in [-0.15, -0.1) is 0 Å². The Morgan fingerprint density at radius 1 is 1.39 bits per heavy atom. The Kier molecular flexibility index (Phi) is 2.26. The Balaban J connectivity index is 2.00. The van der Waals surface area contributed by atoms with E-state index in [1.54, 1.807) is 6.20 Å². The molecule has 3 rings (SSSR count). The number of hydrogen-bond acceptors (Lipinski definition) is 3. The van der Waals surface area contributed by atoms with Crippen LogP contribution in [0.5, 0.6) is 0 Å². The topological polar surface area (TPSA) is 74.8 Å². The average Bonchev–Trinajstić information content (AvgIpc) is 2.91. The molecule has 1 aliphatic rings. The average molecular weight is 241 g/mol. The van der Waals surface area contributed by atoms with Crippen LogP contribution in [0.2, 0.25) is 0 Å². The highest BCUT2D eigenvalue weighted by Crippen LogP contribution is 2.28. The van der Waals surface area contributed by atoms with Gasteiger partial charge in [-0.1, -0.05) is 6.07 Å². The number of aromatic amines is 1. The third kappa shape index (κ3) is 1.69. The molecule has 2 aromatic rings. The van der Waals surface area contributed by atoms with E-state index in [0.717, 1.165) is 22.5 Å². The van der Waals surface area contributed by atoms with Gasteiger partial charge in [0.1, 0.15) is 0 Å². The Morgan fingerprint density at radius 3 is 2.94 bits per heavy atom. The largest absolute Gasteiger partial charge is 0.336 e. The molecule has 0 unspecified atom stereocenters. The number of aromatic nitrogens is 2. The highest BCUT2D eigenvalue weighted by Gasteiger charge is 2.18. The first-order valence-corrected chi connectivity index (χ1v) is 5.62. The van der Waals surface area contributed by atoms with E-state index in [1.807, 2.05) is 18.2 Å². The van der Waals surface area contributed by atoms with E-state index in [1.165, 1.54) is 6.92 Å². The number of carbonyl (C=O) groups is 2. The Hall–Kier alpha value is -2.43. The van der Waals surface area contributed by atoms with Crippen molar-refractivity contribution in [1.82, 2.24) is 9.97 Å². The first kappa shape index (κ1) is 10.7. The highest BCUT2D eigenvalue weighted by atomic mass is 16.1. The number of amides is 1. The van der Waals surface area contributed by atoms with Crippen molar-refractivity contribution < 1.29 is 9.59 Å². The fraction of sp³-hybridized carbons (Fsp3) is 0.154. The van der Waals surface area contributed by atoms with Gasteiger partial charge in [0.2, 0.25) is 5.91 Å². The lowest BCUT2D eigenvalue weighted by Gasteiger charge is -2.01. The van der Waals surface area contributed by atoms with Gasteiger partial charge >= 0.3 is 0 Å². The summed E-state index contributed by atoms with van der Waals surface area (Å²) in [5.41, 5.74) is 3.53. The third-order valence-electron chi connectivity index (χ3n) is 2.95. The quantitative estimate of drug-likeness (QED) is 0.787. The smallest absolute Gasteiger partial charge is 0.228 e. The first-order chi connectivity index (χ1) is 8.63. The van der Waals surface area contributed by atoms with Gasteiger partial charge in [0.15, 0.2) is 11.6 Å². The molecule has 5 heteroatoms. The number of rotatable bonds is 2. The molecule has 0 radical (unpaired) electrons. The van der Waals surface area contributed by atoms with Crippen molar-refractivity contribution in [1.29, 1.82) is 0 Å². The van der Waals surface area contributed by atoms with E-state index in [9.17, 15) is 9.59 Å². The zero-order chi connectivity index (χ0) is 12.7. The van der Waals surface area contributed by atoms with E-state index in [0.29, 0.717) is 12.2 Å². The molecule has 0 fully saturated rings. The zero-order valence-electron chi connectivity index (χ0n) is 9.78. The van der Waals surface area contributed by atoms with E-state index in [2.05, 4.69) is 15.3 Å². The van der Waals surface area contributed by atoms with Crippen LogP contribution < -0.4 is 5.32 Å². The van der Waals surface area contributed by atoms with E-state index in [4.69, 9.17) is 0 Å². The third-order valence-corrected chi connectivity index (χ3v) is 2.95. The molecule has 1 aliphatic heterocycles.